The third-order valence-electron chi connectivity index (χ3n) is 3.37. The van der Waals surface area contributed by atoms with Crippen molar-refractivity contribution in [3.8, 4) is 6.07 Å². The number of hydrogen-bond donors (Lipinski definition) is 1. The molecule has 1 N–H and O–H groups in total. The van der Waals surface area contributed by atoms with Crippen LogP contribution >= 0.6 is 0 Å². The second-order valence-electron chi connectivity index (χ2n) is 6.34. The first-order valence-electron chi connectivity index (χ1n) is 7.55. The monoisotopic (exact) mass is 324 g/mol. The van der Waals surface area contributed by atoms with Gasteiger partial charge in [0.2, 0.25) is 0 Å². The van der Waals surface area contributed by atoms with Crippen LogP contribution in [0.1, 0.15) is 26.3 Å². The van der Waals surface area contributed by atoms with E-state index >= 15 is 0 Å². The van der Waals surface area contributed by atoms with Gasteiger partial charge in [0.05, 0.1) is 5.69 Å². The Morgan fingerprint density at radius 3 is 2.00 bits per heavy atom. The van der Waals surface area contributed by atoms with Crippen LogP contribution in [0.15, 0.2) is 60.7 Å². The zero-order valence-corrected chi connectivity index (χ0v) is 13.9. The molecule has 0 aliphatic carbocycles. The van der Waals surface area contributed by atoms with Crippen LogP contribution in [-0.2, 0) is 15.1 Å². The second-order valence-corrected chi connectivity index (χ2v) is 6.34. The van der Waals surface area contributed by atoms with Crippen molar-refractivity contribution >= 4 is 11.7 Å². The van der Waals surface area contributed by atoms with Gasteiger partial charge in [0.25, 0.3) is 5.54 Å². The van der Waals surface area contributed by atoms with Gasteiger partial charge < -0.3 is 4.74 Å². The Morgan fingerprint density at radius 2 is 1.54 bits per heavy atom. The number of nitriles is 1. The van der Waals surface area contributed by atoms with E-state index in [1.807, 2.05) is 6.07 Å². The van der Waals surface area contributed by atoms with Gasteiger partial charge in [-0.3, -0.25) is 5.21 Å². The molecular formula is C19H20N2O3. The number of rotatable bonds is 4. The SMILES string of the molecule is CC(C)(C)OC(=O)C(C#N)(c1ccccc1)N(O)c1ccccc1. The number of esters is 1. The minimum absolute atomic E-state index is 0.314. The summed E-state index contributed by atoms with van der Waals surface area (Å²) >= 11 is 0. The number of benzene rings is 2. The van der Waals surface area contributed by atoms with Gasteiger partial charge in [-0.1, -0.05) is 48.5 Å². The average Bonchev–Trinajstić information content (AvgIpc) is 2.56. The molecule has 0 fully saturated rings. The molecule has 124 valence electrons. The van der Waals surface area contributed by atoms with Gasteiger partial charge in [-0.25, -0.2) is 9.86 Å². The highest BCUT2D eigenvalue weighted by atomic mass is 16.6. The van der Waals surface area contributed by atoms with Crippen LogP contribution in [0.5, 0.6) is 0 Å². The summed E-state index contributed by atoms with van der Waals surface area (Å²) in [5.74, 6) is -0.838. The summed E-state index contributed by atoms with van der Waals surface area (Å²) in [5, 5.41) is 21.3. The van der Waals surface area contributed by atoms with E-state index in [1.165, 1.54) is 0 Å². The highest BCUT2D eigenvalue weighted by molar-refractivity contribution is 5.90. The van der Waals surface area contributed by atoms with Crippen molar-refractivity contribution in [2.75, 3.05) is 5.06 Å². The van der Waals surface area contributed by atoms with E-state index in [4.69, 9.17) is 4.74 Å². The molecule has 0 radical (unpaired) electrons. The maximum Gasteiger partial charge on any atom is 0.354 e. The van der Waals surface area contributed by atoms with E-state index in [0.717, 1.165) is 0 Å². The molecule has 0 saturated heterocycles. The van der Waals surface area contributed by atoms with Crippen molar-refractivity contribution in [2.45, 2.75) is 31.9 Å². The minimum atomic E-state index is -2.00. The first-order chi connectivity index (χ1) is 11.3. The van der Waals surface area contributed by atoms with Gasteiger partial charge in [0.1, 0.15) is 11.7 Å². The quantitative estimate of drug-likeness (QED) is 0.686. The lowest BCUT2D eigenvalue weighted by Crippen LogP contribution is -2.52. The van der Waals surface area contributed by atoms with Crippen LogP contribution in [0.3, 0.4) is 0 Å². The van der Waals surface area contributed by atoms with Crippen LogP contribution in [-0.4, -0.2) is 16.8 Å². The molecule has 0 heterocycles. The third kappa shape index (κ3) is 3.39. The first kappa shape index (κ1) is 17.5. The van der Waals surface area contributed by atoms with Gasteiger partial charge in [-0.15, -0.1) is 0 Å². The number of anilines is 1. The average molecular weight is 324 g/mol. The van der Waals surface area contributed by atoms with E-state index in [1.54, 1.807) is 81.4 Å². The van der Waals surface area contributed by atoms with Gasteiger partial charge in [-0.05, 0) is 32.9 Å². The lowest BCUT2D eigenvalue weighted by molar-refractivity contribution is -0.162. The summed E-state index contributed by atoms with van der Waals surface area (Å²) in [4.78, 5) is 12.9. The highest BCUT2D eigenvalue weighted by Crippen LogP contribution is 2.34. The maximum atomic E-state index is 12.9. The number of hydrogen-bond acceptors (Lipinski definition) is 5. The minimum Gasteiger partial charge on any atom is -0.457 e. The summed E-state index contributed by atoms with van der Waals surface area (Å²) in [5.41, 5.74) is -2.16. The highest BCUT2D eigenvalue weighted by Gasteiger charge is 2.50. The Bertz CT molecular complexity index is 733. The van der Waals surface area contributed by atoms with Gasteiger partial charge in [0.15, 0.2) is 0 Å². The molecule has 0 spiro atoms. The zero-order chi connectivity index (χ0) is 17.8. The van der Waals surface area contributed by atoms with Crippen molar-refractivity contribution in [1.29, 1.82) is 5.26 Å². The van der Waals surface area contributed by atoms with Crippen molar-refractivity contribution in [2.24, 2.45) is 0 Å². The Balaban J connectivity index is 2.61. The summed E-state index contributed by atoms with van der Waals surface area (Å²) in [7, 11) is 0. The predicted octanol–water partition coefficient (Wildman–Crippen LogP) is 3.64. The largest absolute Gasteiger partial charge is 0.457 e. The van der Waals surface area contributed by atoms with E-state index in [9.17, 15) is 15.3 Å². The molecular weight excluding hydrogens is 304 g/mol. The van der Waals surface area contributed by atoms with Gasteiger partial charge >= 0.3 is 5.97 Å². The summed E-state index contributed by atoms with van der Waals surface area (Å²) in [6, 6.07) is 18.8. The molecule has 1 atom stereocenters. The Labute approximate surface area is 141 Å². The molecule has 0 bridgehead atoms. The topological polar surface area (TPSA) is 73.6 Å². The Morgan fingerprint density at radius 1 is 1.04 bits per heavy atom. The number of ether oxygens (including phenoxy) is 1. The summed E-state index contributed by atoms with van der Waals surface area (Å²) < 4.78 is 5.43. The molecule has 2 rings (SSSR count). The Kier molecular flexibility index (Phi) is 4.91. The fraction of sp³-hybridized carbons (Fsp3) is 0.263. The number of nitrogens with zero attached hydrogens (tertiary/aromatic N) is 2. The second kappa shape index (κ2) is 6.73. The lowest BCUT2D eigenvalue weighted by atomic mass is 9.90. The molecule has 2 aromatic rings. The van der Waals surface area contributed by atoms with E-state index < -0.39 is 17.1 Å². The van der Waals surface area contributed by atoms with E-state index in [0.29, 0.717) is 16.3 Å². The van der Waals surface area contributed by atoms with Gasteiger partial charge in [-0.2, -0.15) is 5.26 Å². The molecule has 0 aliphatic rings. The van der Waals surface area contributed by atoms with Crippen LogP contribution < -0.4 is 5.06 Å². The predicted molar refractivity (Wildman–Crippen MR) is 90.3 cm³/mol. The fourth-order valence-corrected chi connectivity index (χ4v) is 2.28. The van der Waals surface area contributed by atoms with Gasteiger partial charge in [0, 0.05) is 5.56 Å². The molecule has 0 saturated carbocycles. The normalized spacial score (nSPS) is 13.5. The van der Waals surface area contributed by atoms with Crippen molar-refractivity contribution in [3.63, 3.8) is 0 Å². The fourth-order valence-electron chi connectivity index (χ4n) is 2.28. The zero-order valence-electron chi connectivity index (χ0n) is 13.9. The first-order valence-corrected chi connectivity index (χ1v) is 7.55. The van der Waals surface area contributed by atoms with Crippen LogP contribution in [0.2, 0.25) is 0 Å². The Hall–Kier alpha value is -2.84. The molecule has 5 heteroatoms. The van der Waals surface area contributed by atoms with Crippen LogP contribution in [0.25, 0.3) is 0 Å². The maximum absolute atomic E-state index is 12.9. The molecule has 0 aliphatic heterocycles. The molecule has 0 aromatic heterocycles. The molecule has 0 amide bonds. The molecule has 24 heavy (non-hydrogen) atoms. The van der Waals surface area contributed by atoms with Crippen molar-refractivity contribution in [1.82, 2.24) is 0 Å². The molecule has 2 aromatic carbocycles. The number of hydroxylamine groups is 1. The third-order valence-corrected chi connectivity index (χ3v) is 3.37. The smallest absolute Gasteiger partial charge is 0.354 e. The summed E-state index contributed by atoms with van der Waals surface area (Å²) in [6.45, 7) is 5.13. The van der Waals surface area contributed by atoms with Crippen LogP contribution in [0, 0.1) is 11.3 Å². The lowest BCUT2D eigenvalue weighted by Gasteiger charge is -2.35. The van der Waals surface area contributed by atoms with Crippen LogP contribution in [0.4, 0.5) is 5.69 Å². The number of para-hydroxylation sites is 1. The number of carbonyl (C=O) groups excluding carboxylic acids is 1. The molecule has 1 unspecified atom stereocenters. The van der Waals surface area contributed by atoms with E-state index in [2.05, 4.69) is 0 Å². The standard InChI is InChI=1S/C19H20N2O3/c1-18(2,3)24-17(22)19(14-20,15-10-6-4-7-11-15)21(23)16-12-8-5-9-13-16/h4-13,23H,1-3H3. The van der Waals surface area contributed by atoms with Crippen molar-refractivity contribution < 1.29 is 14.7 Å². The van der Waals surface area contributed by atoms with Crippen molar-refractivity contribution in [3.05, 3.63) is 66.2 Å². The molecule has 5 nitrogen and oxygen atoms in total. The number of carbonyl (C=O) groups is 1. The van der Waals surface area contributed by atoms with E-state index in [-0.39, 0.29) is 0 Å². The summed E-state index contributed by atoms with van der Waals surface area (Å²) in [6.07, 6.45) is 0.